The minimum atomic E-state index is -3.76. The number of hydrogen-bond donors (Lipinski definition) is 1. The number of nitrogens with one attached hydrogen (secondary N) is 1. The van der Waals surface area contributed by atoms with Gasteiger partial charge < -0.3 is 19.7 Å². The number of piperidine rings is 1. The number of hydrogen-bond acceptors (Lipinski definition) is 6. The summed E-state index contributed by atoms with van der Waals surface area (Å²) in [4.78, 5) is 15.1. The van der Waals surface area contributed by atoms with Crippen molar-refractivity contribution in [2.75, 3.05) is 19.9 Å². The van der Waals surface area contributed by atoms with Gasteiger partial charge in [0.05, 0.1) is 0 Å². The molecule has 0 unspecified atom stereocenters. The van der Waals surface area contributed by atoms with Crippen molar-refractivity contribution in [1.29, 1.82) is 0 Å². The normalized spacial score (nSPS) is 19.1. The van der Waals surface area contributed by atoms with E-state index in [0.29, 0.717) is 61.0 Å². The molecule has 3 aliphatic rings. The van der Waals surface area contributed by atoms with E-state index >= 15 is 0 Å². The summed E-state index contributed by atoms with van der Waals surface area (Å²) in [5.74, 6) is 1.83. The highest BCUT2D eigenvalue weighted by molar-refractivity contribution is 8.00. The second kappa shape index (κ2) is 9.37. The monoisotopic (exact) mass is 495 g/mol. The minimum Gasteiger partial charge on any atom is -0.454 e. The lowest BCUT2D eigenvalue weighted by Gasteiger charge is -2.33. The van der Waals surface area contributed by atoms with Crippen molar-refractivity contribution in [3.05, 3.63) is 64.7 Å². The quantitative estimate of drug-likeness (QED) is 0.681. The van der Waals surface area contributed by atoms with Crippen LogP contribution in [0.2, 0.25) is 0 Å². The number of rotatable bonds is 5. The van der Waals surface area contributed by atoms with Crippen LogP contribution >= 0.6 is 0 Å². The molecule has 5 rings (SSSR count). The van der Waals surface area contributed by atoms with Gasteiger partial charge in [0, 0.05) is 31.1 Å². The number of amides is 1. The number of fused-ring (bicyclic) bond motifs is 1. The molecule has 1 amide bonds. The Morgan fingerprint density at radius 1 is 1.09 bits per heavy atom. The number of sulfonamides is 1. The Morgan fingerprint density at radius 3 is 2.51 bits per heavy atom. The molecule has 1 fully saturated rings. The molecule has 0 aliphatic carbocycles. The molecule has 35 heavy (non-hydrogen) atoms. The predicted octanol–water partition coefficient (Wildman–Crippen LogP) is 3.62. The number of likely N-dealkylation sites (tertiary alicyclic amines) is 1. The van der Waals surface area contributed by atoms with Crippen LogP contribution in [-0.2, 0) is 21.4 Å². The van der Waals surface area contributed by atoms with Gasteiger partial charge in [-0.05, 0) is 49.4 Å². The molecule has 2 aromatic rings. The second-order valence-corrected chi connectivity index (χ2v) is 10.6. The Hall–Kier alpha value is -3.33. The first-order valence-corrected chi connectivity index (χ1v) is 13.4. The molecule has 2 aromatic carbocycles. The van der Waals surface area contributed by atoms with E-state index in [9.17, 15) is 13.2 Å². The van der Waals surface area contributed by atoms with E-state index < -0.39 is 10.0 Å². The molecular formula is C26H29N3O5S. The third-order valence-electron chi connectivity index (χ3n) is 6.74. The molecule has 3 heterocycles. The molecule has 184 valence electrons. The van der Waals surface area contributed by atoms with Crippen molar-refractivity contribution in [1.82, 2.24) is 10.2 Å². The summed E-state index contributed by atoms with van der Waals surface area (Å²) >= 11 is 0. The number of amidine groups is 1. The Morgan fingerprint density at radius 2 is 1.80 bits per heavy atom. The third-order valence-corrected chi connectivity index (χ3v) is 8.16. The van der Waals surface area contributed by atoms with Crippen LogP contribution in [0.5, 0.6) is 11.5 Å². The van der Waals surface area contributed by atoms with Crippen molar-refractivity contribution < 1.29 is 22.7 Å². The van der Waals surface area contributed by atoms with E-state index in [1.165, 1.54) is 0 Å². The first kappa shape index (κ1) is 23.4. The number of ether oxygens (including phenoxy) is 2. The van der Waals surface area contributed by atoms with Crippen molar-refractivity contribution in [3.8, 4) is 11.5 Å². The molecule has 0 aromatic heterocycles. The fourth-order valence-electron chi connectivity index (χ4n) is 4.81. The maximum absolute atomic E-state index is 13.0. The maximum atomic E-state index is 13.0. The van der Waals surface area contributed by atoms with Crippen LogP contribution in [0.1, 0.15) is 42.9 Å². The Bertz CT molecular complexity index is 1310. The average Bonchev–Trinajstić information content (AvgIpc) is 3.44. The van der Waals surface area contributed by atoms with Gasteiger partial charge in [0.2, 0.25) is 12.7 Å². The van der Waals surface area contributed by atoms with E-state index in [0.717, 1.165) is 22.4 Å². The SMILES string of the molecule is CCC1=C(c2ccc(C)cc2)S(=O)(=O)N=C1N1CCC(C(=O)NCc2ccc3c(c2)OCO3)CC1. The van der Waals surface area contributed by atoms with Crippen LogP contribution < -0.4 is 14.8 Å². The van der Waals surface area contributed by atoms with Gasteiger partial charge in [-0.3, -0.25) is 4.79 Å². The fraction of sp³-hybridized carbons (Fsp3) is 0.385. The highest BCUT2D eigenvalue weighted by Gasteiger charge is 2.36. The molecule has 8 nitrogen and oxygen atoms in total. The average molecular weight is 496 g/mol. The topological polar surface area (TPSA) is 97.3 Å². The summed E-state index contributed by atoms with van der Waals surface area (Å²) < 4.78 is 40.9. The fourth-order valence-corrected chi connectivity index (χ4v) is 6.33. The van der Waals surface area contributed by atoms with Crippen molar-refractivity contribution >= 4 is 26.7 Å². The number of carbonyl (C=O) groups excluding carboxylic acids is 1. The number of benzene rings is 2. The second-order valence-electron chi connectivity index (χ2n) is 9.08. The Kier molecular flexibility index (Phi) is 6.27. The summed E-state index contributed by atoms with van der Waals surface area (Å²) in [6.45, 7) is 5.74. The molecule has 3 aliphatic heterocycles. The van der Waals surface area contributed by atoms with Crippen LogP contribution in [0, 0.1) is 12.8 Å². The number of aryl methyl sites for hydroxylation is 1. The predicted molar refractivity (Wildman–Crippen MR) is 133 cm³/mol. The van der Waals surface area contributed by atoms with E-state index in [1.807, 2.05) is 61.2 Å². The Balaban J connectivity index is 1.23. The maximum Gasteiger partial charge on any atom is 0.285 e. The first-order chi connectivity index (χ1) is 16.9. The molecule has 0 atom stereocenters. The van der Waals surface area contributed by atoms with Crippen LogP contribution in [0.25, 0.3) is 4.91 Å². The van der Waals surface area contributed by atoms with Gasteiger partial charge in [-0.1, -0.05) is 42.8 Å². The molecule has 1 saturated heterocycles. The van der Waals surface area contributed by atoms with Crippen LogP contribution in [-0.4, -0.2) is 44.9 Å². The molecule has 1 N–H and O–H groups in total. The van der Waals surface area contributed by atoms with E-state index in [1.54, 1.807) is 0 Å². The lowest BCUT2D eigenvalue weighted by molar-refractivity contribution is -0.126. The van der Waals surface area contributed by atoms with Crippen LogP contribution in [0.15, 0.2) is 52.4 Å². The van der Waals surface area contributed by atoms with Crippen molar-refractivity contribution in [2.24, 2.45) is 10.3 Å². The van der Waals surface area contributed by atoms with E-state index in [4.69, 9.17) is 9.47 Å². The van der Waals surface area contributed by atoms with Gasteiger partial charge in [-0.25, -0.2) is 0 Å². The van der Waals surface area contributed by atoms with Gasteiger partial charge in [-0.2, -0.15) is 8.42 Å². The molecule has 0 spiro atoms. The summed E-state index contributed by atoms with van der Waals surface area (Å²) in [6.07, 6.45) is 1.85. The van der Waals surface area contributed by atoms with Crippen LogP contribution in [0.4, 0.5) is 0 Å². The van der Waals surface area contributed by atoms with E-state index in [2.05, 4.69) is 9.71 Å². The molecule has 0 saturated carbocycles. The lowest BCUT2D eigenvalue weighted by Crippen LogP contribution is -2.43. The highest BCUT2D eigenvalue weighted by Crippen LogP contribution is 2.36. The van der Waals surface area contributed by atoms with Gasteiger partial charge >= 0.3 is 0 Å². The summed E-state index contributed by atoms with van der Waals surface area (Å²) in [5, 5.41) is 3.02. The van der Waals surface area contributed by atoms with Crippen molar-refractivity contribution in [3.63, 3.8) is 0 Å². The van der Waals surface area contributed by atoms with E-state index in [-0.39, 0.29) is 18.6 Å². The smallest absolute Gasteiger partial charge is 0.285 e. The Labute approximate surface area is 205 Å². The molecule has 0 radical (unpaired) electrons. The summed E-state index contributed by atoms with van der Waals surface area (Å²) in [5.41, 5.74) is 3.44. The lowest BCUT2D eigenvalue weighted by atomic mass is 9.94. The zero-order chi connectivity index (χ0) is 24.6. The zero-order valence-electron chi connectivity index (χ0n) is 19.9. The third kappa shape index (κ3) is 4.65. The van der Waals surface area contributed by atoms with Gasteiger partial charge in [0.25, 0.3) is 10.0 Å². The minimum absolute atomic E-state index is 0.00917. The number of carbonyl (C=O) groups is 1. The van der Waals surface area contributed by atoms with Gasteiger partial charge in [0.15, 0.2) is 11.5 Å². The zero-order valence-corrected chi connectivity index (χ0v) is 20.7. The summed E-state index contributed by atoms with van der Waals surface area (Å²) in [7, 11) is -3.76. The largest absolute Gasteiger partial charge is 0.454 e. The standard InChI is InChI=1S/C26H29N3O5S/c1-3-21-24(19-7-4-17(2)5-8-19)35(31,32)28-25(21)29-12-10-20(11-13-29)26(30)27-15-18-6-9-22-23(14-18)34-16-33-22/h4-9,14,20H,3,10-13,15-16H2,1-2H3,(H,27,30). The molecular weight excluding hydrogens is 466 g/mol. The van der Waals surface area contributed by atoms with Gasteiger partial charge in [0.1, 0.15) is 10.7 Å². The van der Waals surface area contributed by atoms with Gasteiger partial charge in [-0.15, -0.1) is 4.40 Å². The van der Waals surface area contributed by atoms with Crippen molar-refractivity contribution in [2.45, 2.75) is 39.7 Å². The molecule has 9 heteroatoms. The highest BCUT2D eigenvalue weighted by atomic mass is 32.2. The molecule has 0 bridgehead atoms. The van der Waals surface area contributed by atoms with Crippen LogP contribution in [0.3, 0.4) is 0 Å². The number of nitrogens with zero attached hydrogens (tertiary/aromatic N) is 2. The first-order valence-electron chi connectivity index (χ1n) is 11.9. The summed E-state index contributed by atoms with van der Waals surface area (Å²) in [6, 6.07) is 13.2.